The van der Waals surface area contributed by atoms with Crippen molar-refractivity contribution in [3.63, 3.8) is 0 Å². The molecule has 0 spiro atoms. The van der Waals surface area contributed by atoms with Crippen LogP contribution in [0.2, 0.25) is 0 Å². The third kappa shape index (κ3) is 4.38. The van der Waals surface area contributed by atoms with Gasteiger partial charge in [-0.3, -0.25) is 0 Å². The molecule has 0 amide bonds. The number of carboxylic acids is 1. The number of aromatic nitrogens is 3. The molecule has 7 nitrogen and oxygen atoms in total. The predicted octanol–water partition coefficient (Wildman–Crippen LogP) is 3.97. The summed E-state index contributed by atoms with van der Waals surface area (Å²) >= 11 is 1.19. The summed E-state index contributed by atoms with van der Waals surface area (Å²) in [7, 11) is -1.56. The SMILES string of the molecule is CCc1c(Cc2ccc(S(N)=O)cc2)c(-c2ccc(F)cc2)nn1-c1nc(C(=O)O)cs1. The second-order valence-electron chi connectivity index (χ2n) is 6.98. The number of benzene rings is 2. The van der Waals surface area contributed by atoms with Crippen molar-refractivity contribution >= 4 is 28.3 Å². The summed E-state index contributed by atoms with van der Waals surface area (Å²) < 4.78 is 26.7. The lowest BCUT2D eigenvalue weighted by Gasteiger charge is -2.08. The minimum Gasteiger partial charge on any atom is -0.476 e. The van der Waals surface area contributed by atoms with Crippen LogP contribution in [0, 0.1) is 5.82 Å². The largest absolute Gasteiger partial charge is 0.476 e. The Morgan fingerprint density at radius 2 is 1.88 bits per heavy atom. The van der Waals surface area contributed by atoms with Crippen LogP contribution in [0.1, 0.15) is 34.2 Å². The van der Waals surface area contributed by atoms with Crippen molar-refractivity contribution in [3.8, 4) is 16.4 Å². The van der Waals surface area contributed by atoms with E-state index < -0.39 is 17.0 Å². The molecule has 4 aromatic rings. The van der Waals surface area contributed by atoms with Crippen LogP contribution >= 0.6 is 11.3 Å². The highest BCUT2D eigenvalue weighted by atomic mass is 32.2. The average Bonchev–Trinajstić information content (AvgIpc) is 3.40. The smallest absolute Gasteiger partial charge is 0.355 e. The molecule has 3 N–H and O–H groups in total. The molecule has 0 saturated heterocycles. The van der Waals surface area contributed by atoms with Crippen LogP contribution in [-0.2, 0) is 23.8 Å². The molecule has 0 aliphatic rings. The maximum absolute atomic E-state index is 13.5. The number of hydrogen-bond donors (Lipinski definition) is 2. The number of thiazole rings is 1. The first-order valence-corrected chi connectivity index (χ1v) is 11.8. The van der Waals surface area contributed by atoms with E-state index in [9.17, 15) is 18.5 Å². The molecule has 0 radical (unpaired) electrons. The molecule has 4 rings (SSSR count). The van der Waals surface area contributed by atoms with Crippen molar-refractivity contribution in [1.29, 1.82) is 0 Å². The summed E-state index contributed by atoms with van der Waals surface area (Å²) in [5.74, 6) is -1.45. The minimum absolute atomic E-state index is 0.0437. The van der Waals surface area contributed by atoms with E-state index >= 15 is 0 Å². The number of nitrogens with zero attached hydrogens (tertiary/aromatic N) is 3. The Balaban J connectivity index is 1.84. The van der Waals surface area contributed by atoms with Crippen LogP contribution in [0.3, 0.4) is 0 Å². The van der Waals surface area contributed by atoms with E-state index in [0.717, 1.165) is 22.4 Å². The summed E-state index contributed by atoms with van der Waals surface area (Å²) in [6, 6.07) is 13.2. The lowest BCUT2D eigenvalue weighted by Crippen LogP contribution is -2.04. The highest BCUT2D eigenvalue weighted by molar-refractivity contribution is 7.82. The molecule has 0 saturated carbocycles. The zero-order valence-electron chi connectivity index (χ0n) is 17.0. The van der Waals surface area contributed by atoms with Gasteiger partial charge in [0.1, 0.15) is 16.8 Å². The van der Waals surface area contributed by atoms with Crippen molar-refractivity contribution < 1.29 is 18.5 Å². The van der Waals surface area contributed by atoms with Gasteiger partial charge in [-0.15, -0.1) is 11.3 Å². The number of carbonyl (C=O) groups is 1. The topological polar surface area (TPSA) is 111 Å². The van der Waals surface area contributed by atoms with Gasteiger partial charge in [0.25, 0.3) is 0 Å². The second kappa shape index (κ2) is 9.11. The molecule has 10 heteroatoms. The van der Waals surface area contributed by atoms with Crippen LogP contribution in [0.5, 0.6) is 0 Å². The van der Waals surface area contributed by atoms with E-state index in [0.29, 0.717) is 28.6 Å². The molecule has 0 bridgehead atoms. The number of aromatic carboxylic acids is 1. The monoisotopic (exact) mass is 470 g/mol. The van der Waals surface area contributed by atoms with Crippen molar-refractivity contribution in [1.82, 2.24) is 14.8 Å². The van der Waals surface area contributed by atoms with Gasteiger partial charge < -0.3 is 5.11 Å². The predicted molar refractivity (Wildman–Crippen MR) is 121 cm³/mol. The van der Waals surface area contributed by atoms with Crippen LogP contribution in [0.15, 0.2) is 58.8 Å². The third-order valence-corrected chi connectivity index (χ3v) is 6.52. The van der Waals surface area contributed by atoms with Gasteiger partial charge >= 0.3 is 5.97 Å². The van der Waals surface area contributed by atoms with E-state index in [2.05, 4.69) is 4.98 Å². The van der Waals surface area contributed by atoms with E-state index in [4.69, 9.17) is 10.2 Å². The number of hydrogen-bond acceptors (Lipinski definition) is 5. The number of nitrogens with two attached hydrogens (primary N) is 1. The Kier molecular flexibility index (Phi) is 6.26. The van der Waals surface area contributed by atoms with Gasteiger partial charge in [0.2, 0.25) is 5.13 Å². The normalized spacial score (nSPS) is 12.1. The summed E-state index contributed by atoms with van der Waals surface area (Å²) in [4.78, 5) is 16.0. The molecule has 1 unspecified atom stereocenters. The summed E-state index contributed by atoms with van der Waals surface area (Å²) in [6.07, 6.45) is 1.14. The Labute approximate surface area is 190 Å². The zero-order valence-corrected chi connectivity index (χ0v) is 18.6. The third-order valence-electron chi connectivity index (χ3n) is 4.97. The van der Waals surface area contributed by atoms with Crippen LogP contribution < -0.4 is 5.14 Å². The van der Waals surface area contributed by atoms with Gasteiger partial charge in [0.05, 0.1) is 16.3 Å². The zero-order chi connectivity index (χ0) is 22.8. The lowest BCUT2D eigenvalue weighted by molar-refractivity contribution is 0.0691. The Morgan fingerprint density at radius 1 is 1.19 bits per heavy atom. The van der Waals surface area contributed by atoms with Crippen LogP contribution in [0.4, 0.5) is 4.39 Å². The molecule has 0 aliphatic carbocycles. The quantitative estimate of drug-likeness (QED) is 0.425. The van der Waals surface area contributed by atoms with Gasteiger partial charge in [-0.2, -0.15) is 5.10 Å². The highest BCUT2D eigenvalue weighted by Crippen LogP contribution is 2.31. The maximum Gasteiger partial charge on any atom is 0.355 e. The molecule has 2 aromatic heterocycles. The Hall–Kier alpha value is -3.21. The molecule has 32 heavy (non-hydrogen) atoms. The highest BCUT2D eigenvalue weighted by Gasteiger charge is 2.22. The summed E-state index contributed by atoms with van der Waals surface area (Å²) in [6.45, 7) is 1.98. The first-order valence-electron chi connectivity index (χ1n) is 9.68. The fraction of sp³-hybridized carbons (Fsp3) is 0.136. The number of carboxylic acid groups (broad SMARTS) is 1. The average molecular weight is 471 g/mol. The van der Waals surface area contributed by atoms with Gasteiger partial charge in [0, 0.05) is 22.9 Å². The fourth-order valence-corrected chi connectivity index (χ4v) is 4.61. The lowest BCUT2D eigenvalue weighted by atomic mass is 9.98. The van der Waals surface area contributed by atoms with Crippen molar-refractivity contribution in [2.24, 2.45) is 5.14 Å². The fourth-order valence-electron chi connectivity index (χ4n) is 3.44. The van der Waals surface area contributed by atoms with Crippen LogP contribution in [-0.4, -0.2) is 30.0 Å². The van der Waals surface area contributed by atoms with Gasteiger partial charge in [0.15, 0.2) is 5.69 Å². The van der Waals surface area contributed by atoms with Crippen molar-refractivity contribution in [2.45, 2.75) is 24.7 Å². The van der Waals surface area contributed by atoms with Crippen molar-refractivity contribution in [2.75, 3.05) is 0 Å². The Morgan fingerprint density at radius 3 is 2.44 bits per heavy atom. The van der Waals surface area contributed by atoms with E-state index in [1.54, 1.807) is 28.9 Å². The van der Waals surface area contributed by atoms with Gasteiger partial charge in [-0.05, 0) is 48.4 Å². The van der Waals surface area contributed by atoms with E-state index in [-0.39, 0.29) is 11.5 Å². The molecule has 164 valence electrons. The molecule has 2 aromatic carbocycles. The van der Waals surface area contributed by atoms with Crippen molar-refractivity contribution in [3.05, 3.63) is 82.2 Å². The summed E-state index contributed by atoms with van der Waals surface area (Å²) in [5, 5.41) is 21.4. The molecule has 0 fully saturated rings. The number of halogens is 1. The maximum atomic E-state index is 13.5. The second-order valence-corrected chi connectivity index (χ2v) is 8.89. The minimum atomic E-state index is -1.56. The first kappa shape index (κ1) is 22.0. The van der Waals surface area contributed by atoms with Crippen LogP contribution in [0.25, 0.3) is 16.4 Å². The molecule has 0 aliphatic heterocycles. The Bertz CT molecular complexity index is 1300. The standard InChI is InChI=1S/C22H19FN4O3S2/c1-2-19-17(11-13-3-9-16(10-4-13)32(24)30)20(14-5-7-15(23)8-6-14)26-27(19)22-25-18(12-31-22)21(28)29/h3-10,12H,2,11,24H2,1H3,(H,28,29). The molecular weight excluding hydrogens is 451 g/mol. The summed E-state index contributed by atoms with van der Waals surface area (Å²) in [5.41, 5.74) is 4.12. The first-order chi connectivity index (χ1) is 15.4. The van der Waals surface area contributed by atoms with E-state index in [1.807, 2.05) is 19.1 Å². The molecule has 2 heterocycles. The van der Waals surface area contributed by atoms with E-state index in [1.165, 1.54) is 28.8 Å². The molecular formula is C22H19FN4O3S2. The molecule has 1 atom stereocenters. The van der Waals surface area contributed by atoms with Gasteiger partial charge in [-0.1, -0.05) is 19.1 Å². The number of rotatable bonds is 7. The van der Waals surface area contributed by atoms with Gasteiger partial charge in [-0.25, -0.2) is 28.2 Å².